The summed E-state index contributed by atoms with van der Waals surface area (Å²) in [7, 11) is 1.73. The van der Waals surface area contributed by atoms with Crippen LogP contribution < -0.4 is 0 Å². The molecule has 1 aromatic carbocycles. The van der Waals surface area contributed by atoms with Crippen molar-refractivity contribution in [3.05, 3.63) is 41.3 Å². The van der Waals surface area contributed by atoms with E-state index in [9.17, 15) is 18.3 Å². The molecule has 2 aromatic rings. The van der Waals surface area contributed by atoms with E-state index in [2.05, 4.69) is 4.98 Å². The average Bonchev–Trinajstić information content (AvgIpc) is 2.87. The van der Waals surface area contributed by atoms with Gasteiger partial charge in [0.15, 0.2) is 0 Å². The van der Waals surface area contributed by atoms with Gasteiger partial charge in [-0.05, 0) is 32.2 Å². The second-order valence-corrected chi connectivity index (χ2v) is 5.63. The first-order valence-corrected chi connectivity index (χ1v) is 7.32. The van der Waals surface area contributed by atoms with E-state index in [1.165, 1.54) is 12.1 Å². The van der Waals surface area contributed by atoms with Crippen LogP contribution in [0.3, 0.4) is 0 Å². The maximum Gasteiger partial charge on any atom is 0.416 e. The highest BCUT2D eigenvalue weighted by Crippen LogP contribution is 2.32. The molecule has 0 spiro atoms. The molecule has 8 heteroatoms. The summed E-state index contributed by atoms with van der Waals surface area (Å²) < 4.78 is 43.9. The van der Waals surface area contributed by atoms with Gasteiger partial charge in [0.1, 0.15) is 5.76 Å². The van der Waals surface area contributed by atoms with E-state index in [1.54, 1.807) is 18.9 Å². The van der Waals surface area contributed by atoms with Gasteiger partial charge in [-0.3, -0.25) is 4.90 Å². The van der Waals surface area contributed by atoms with E-state index in [0.29, 0.717) is 18.0 Å². The summed E-state index contributed by atoms with van der Waals surface area (Å²) >= 11 is 0. The second-order valence-electron chi connectivity index (χ2n) is 5.63. The lowest BCUT2D eigenvalue weighted by Crippen LogP contribution is -2.31. The predicted molar refractivity (Wildman–Crippen MR) is 81.1 cm³/mol. The fourth-order valence-corrected chi connectivity index (χ4v) is 2.26. The Kier molecular flexibility index (Phi) is 5.63. The number of hydrogen-bond donors (Lipinski definition) is 2. The van der Waals surface area contributed by atoms with Gasteiger partial charge in [-0.15, -0.1) is 0 Å². The molecule has 24 heavy (non-hydrogen) atoms. The molecule has 0 unspecified atom stereocenters. The molecule has 0 aliphatic rings. The first-order valence-electron chi connectivity index (χ1n) is 7.32. The highest BCUT2D eigenvalue weighted by Gasteiger charge is 2.30. The Labute approximate surface area is 137 Å². The third kappa shape index (κ3) is 4.56. The summed E-state index contributed by atoms with van der Waals surface area (Å²) in [5.41, 5.74) is 0.0489. The monoisotopic (exact) mass is 344 g/mol. The van der Waals surface area contributed by atoms with Gasteiger partial charge in [0.25, 0.3) is 0 Å². The second kappa shape index (κ2) is 7.33. The van der Waals surface area contributed by atoms with Crippen molar-refractivity contribution in [3.63, 3.8) is 0 Å². The van der Waals surface area contributed by atoms with E-state index < -0.39 is 17.8 Å². The highest BCUT2D eigenvalue weighted by molar-refractivity contribution is 5.55. The van der Waals surface area contributed by atoms with Crippen molar-refractivity contribution in [3.8, 4) is 11.5 Å². The van der Waals surface area contributed by atoms with E-state index >= 15 is 0 Å². The van der Waals surface area contributed by atoms with Crippen LogP contribution in [0.2, 0.25) is 0 Å². The van der Waals surface area contributed by atoms with E-state index in [4.69, 9.17) is 9.52 Å². The Morgan fingerprint density at radius 2 is 2.04 bits per heavy atom. The lowest BCUT2D eigenvalue weighted by molar-refractivity contribution is -0.137. The summed E-state index contributed by atoms with van der Waals surface area (Å²) in [6, 6.07) is 4.79. The summed E-state index contributed by atoms with van der Waals surface area (Å²) in [6.45, 7) is 1.90. The number of aryl methyl sites for hydroxylation is 1. The summed E-state index contributed by atoms with van der Waals surface area (Å²) in [5, 5.41) is 18.3. The van der Waals surface area contributed by atoms with Gasteiger partial charge in [-0.1, -0.05) is 6.07 Å². The number of alkyl halides is 3. The van der Waals surface area contributed by atoms with Crippen LogP contribution in [0.1, 0.15) is 17.0 Å². The standard InChI is InChI=1S/C16H19F3N2O3/c1-10-14(8-21(2)7-13(23)9-22)20-15(24-10)11-4-3-5-12(6-11)16(17,18)19/h3-6,13,22-23H,7-9H2,1-2H3/t13-/m0/s1. The number of nitrogens with zero attached hydrogens (tertiary/aromatic N) is 2. The summed E-state index contributed by atoms with van der Waals surface area (Å²) in [6.07, 6.45) is -5.30. The molecule has 0 fully saturated rings. The van der Waals surface area contributed by atoms with Gasteiger partial charge < -0.3 is 14.6 Å². The van der Waals surface area contributed by atoms with Gasteiger partial charge in [0.2, 0.25) is 5.89 Å². The molecule has 0 amide bonds. The van der Waals surface area contributed by atoms with Crippen LogP contribution in [0.15, 0.2) is 28.7 Å². The number of benzene rings is 1. The van der Waals surface area contributed by atoms with Crippen molar-refractivity contribution in [2.75, 3.05) is 20.2 Å². The van der Waals surface area contributed by atoms with Gasteiger partial charge in [-0.25, -0.2) is 4.98 Å². The molecule has 0 saturated heterocycles. The number of aliphatic hydroxyl groups is 2. The number of hydrogen-bond acceptors (Lipinski definition) is 5. The predicted octanol–water partition coefficient (Wildman–Crippen LogP) is 2.45. The molecule has 2 rings (SSSR count). The van der Waals surface area contributed by atoms with Gasteiger partial charge >= 0.3 is 6.18 Å². The number of oxazole rings is 1. The van der Waals surface area contributed by atoms with Crippen LogP contribution in [0, 0.1) is 6.92 Å². The first kappa shape index (κ1) is 18.4. The first-order chi connectivity index (χ1) is 11.2. The van der Waals surface area contributed by atoms with E-state index in [1.807, 2.05) is 0 Å². The molecule has 1 heterocycles. The molecule has 0 saturated carbocycles. The fraction of sp³-hybridized carbons (Fsp3) is 0.438. The summed E-state index contributed by atoms with van der Waals surface area (Å²) in [5.74, 6) is 0.609. The number of halogens is 3. The quantitative estimate of drug-likeness (QED) is 0.842. The molecule has 2 N–H and O–H groups in total. The van der Waals surface area contributed by atoms with Crippen LogP contribution in [-0.2, 0) is 12.7 Å². The minimum absolute atomic E-state index is 0.115. The zero-order chi connectivity index (χ0) is 17.9. The summed E-state index contributed by atoms with van der Waals surface area (Å²) in [4.78, 5) is 5.99. The molecule has 132 valence electrons. The minimum atomic E-state index is -4.43. The smallest absolute Gasteiger partial charge is 0.416 e. The SMILES string of the molecule is Cc1oc(-c2cccc(C(F)(F)F)c2)nc1CN(C)C[C@H](O)CO. The van der Waals surface area contributed by atoms with Crippen LogP contribution >= 0.6 is 0 Å². The molecule has 1 aromatic heterocycles. The zero-order valence-corrected chi connectivity index (χ0v) is 13.3. The molecule has 1 atom stereocenters. The Morgan fingerprint density at radius 3 is 2.67 bits per heavy atom. The molecule has 0 radical (unpaired) electrons. The zero-order valence-electron chi connectivity index (χ0n) is 13.3. The topological polar surface area (TPSA) is 69.7 Å². The lowest BCUT2D eigenvalue weighted by Gasteiger charge is -2.18. The van der Waals surface area contributed by atoms with Gasteiger partial charge in [-0.2, -0.15) is 13.2 Å². The van der Waals surface area contributed by atoms with Crippen molar-refractivity contribution >= 4 is 0 Å². The largest absolute Gasteiger partial charge is 0.441 e. The van der Waals surface area contributed by atoms with Crippen molar-refractivity contribution in [1.82, 2.24) is 9.88 Å². The van der Waals surface area contributed by atoms with Crippen LogP contribution in [0.25, 0.3) is 11.5 Å². The molecular formula is C16H19F3N2O3. The number of likely N-dealkylation sites (N-methyl/N-ethyl adjacent to an activating group) is 1. The Morgan fingerprint density at radius 1 is 1.33 bits per heavy atom. The molecule has 0 aliphatic heterocycles. The van der Waals surface area contributed by atoms with Crippen LogP contribution in [0.4, 0.5) is 13.2 Å². The van der Waals surface area contributed by atoms with Crippen molar-refractivity contribution < 1.29 is 27.8 Å². The van der Waals surface area contributed by atoms with Crippen LogP contribution in [-0.4, -0.2) is 46.4 Å². The number of aromatic nitrogens is 1. The average molecular weight is 344 g/mol. The van der Waals surface area contributed by atoms with Gasteiger partial charge in [0.05, 0.1) is 24.0 Å². The normalized spacial score (nSPS) is 13.5. The minimum Gasteiger partial charge on any atom is -0.441 e. The molecule has 5 nitrogen and oxygen atoms in total. The number of rotatable bonds is 6. The maximum absolute atomic E-state index is 12.8. The van der Waals surface area contributed by atoms with Gasteiger partial charge in [0, 0.05) is 18.7 Å². The van der Waals surface area contributed by atoms with E-state index in [0.717, 1.165) is 12.1 Å². The molecule has 0 aliphatic carbocycles. The maximum atomic E-state index is 12.8. The third-order valence-corrected chi connectivity index (χ3v) is 3.48. The van der Waals surface area contributed by atoms with Crippen LogP contribution in [0.5, 0.6) is 0 Å². The Balaban J connectivity index is 2.20. The van der Waals surface area contributed by atoms with E-state index in [-0.39, 0.29) is 24.6 Å². The lowest BCUT2D eigenvalue weighted by atomic mass is 10.1. The van der Waals surface area contributed by atoms with Crippen molar-refractivity contribution in [2.24, 2.45) is 0 Å². The molecular weight excluding hydrogens is 325 g/mol. The van der Waals surface area contributed by atoms with Crippen molar-refractivity contribution in [1.29, 1.82) is 0 Å². The van der Waals surface area contributed by atoms with Crippen molar-refractivity contribution in [2.45, 2.75) is 25.7 Å². The fourth-order valence-electron chi connectivity index (χ4n) is 2.26. The number of aliphatic hydroxyl groups excluding tert-OH is 2. The molecule has 0 bridgehead atoms. The highest BCUT2D eigenvalue weighted by atomic mass is 19.4. The Bertz CT molecular complexity index is 685. The Hall–Kier alpha value is -1.90. The third-order valence-electron chi connectivity index (χ3n) is 3.48.